The van der Waals surface area contributed by atoms with Crippen molar-refractivity contribution < 1.29 is 9.90 Å². The number of aliphatic hydroxyl groups excluding tert-OH is 1. The van der Waals surface area contributed by atoms with Crippen LogP contribution in [0.15, 0.2) is 66.9 Å². The van der Waals surface area contributed by atoms with E-state index in [9.17, 15) is 9.90 Å². The molecule has 2 aliphatic heterocycles. The maximum absolute atomic E-state index is 13.3. The average Bonchev–Trinajstić information content (AvgIpc) is 3.33. The molecule has 1 atom stereocenters. The van der Waals surface area contributed by atoms with E-state index in [0.29, 0.717) is 25.6 Å². The van der Waals surface area contributed by atoms with Gasteiger partial charge < -0.3 is 10.0 Å². The van der Waals surface area contributed by atoms with E-state index in [2.05, 4.69) is 64.6 Å². The van der Waals surface area contributed by atoms with Gasteiger partial charge in [-0.25, -0.2) is 0 Å². The Hall–Kier alpha value is -2.96. The molecule has 0 saturated carbocycles. The second-order valence-electron chi connectivity index (χ2n) is 9.19. The predicted octanol–water partition coefficient (Wildman–Crippen LogP) is 3.23. The van der Waals surface area contributed by atoms with Crippen LogP contribution in [0.1, 0.15) is 47.1 Å². The molecule has 2 aromatic carbocycles. The van der Waals surface area contributed by atoms with Crippen molar-refractivity contribution in [2.24, 2.45) is 0 Å². The topological polar surface area (TPSA) is 61.6 Å². The zero-order valence-corrected chi connectivity index (χ0v) is 19.0. The van der Waals surface area contributed by atoms with Gasteiger partial charge in [-0.05, 0) is 48.7 Å². The number of piperidine rings is 1. The quantitative estimate of drug-likeness (QED) is 0.634. The molecule has 0 aliphatic carbocycles. The minimum absolute atomic E-state index is 0.102. The van der Waals surface area contributed by atoms with E-state index in [1.807, 2.05) is 21.8 Å². The van der Waals surface area contributed by atoms with Crippen molar-refractivity contribution in [3.05, 3.63) is 89.2 Å². The second-order valence-corrected chi connectivity index (χ2v) is 9.19. The molecule has 5 rings (SSSR count). The number of nitrogens with zero attached hydrogens (tertiary/aromatic N) is 4. The van der Waals surface area contributed by atoms with Gasteiger partial charge in [0.2, 0.25) is 5.91 Å². The number of hydrogen-bond acceptors (Lipinski definition) is 4. The number of benzene rings is 2. The highest BCUT2D eigenvalue weighted by Crippen LogP contribution is 2.34. The Labute approximate surface area is 195 Å². The highest BCUT2D eigenvalue weighted by atomic mass is 16.3. The standard InChI is InChI=1S/C27H32N4O2/c32-17-16-31-26(10-13-28-31)22-11-14-29(15-12-22)20-27(33)30-18-23-8-4-5-9-24(23)25(19-30)21-6-2-1-3-7-21/h1-10,13,22,25,32H,11-12,14-20H2. The summed E-state index contributed by atoms with van der Waals surface area (Å²) in [5, 5.41) is 13.6. The highest BCUT2D eigenvalue weighted by molar-refractivity contribution is 5.79. The van der Waals surface area contributed by atoms with Crippen LogP contribution in [-0.2, 0) is 17.9 Å². The molecule has 1 saturated heterocycles. The summed E-state index contributed by atoms with van der Waals surface area (Å²) >= 11 is 0. The number of rotatable bonds is 6. The lowest BCUT2D eigenvalue weighted by molar-refractivity contribution is -0.133. The Balaban J connectivity index is 1.23. The average molecular weight is 445 g/mol. The third-order valence-electron chi connectivity index (χ3n) is 7.18. The summed E-state index contributed by atoms with van der Waals surface area (Å²) in [6.07, 6.45) is 3.85. The minimum Gasteiger partial charge on any atom is -0.394 e. The Kier molecular flexibility index (Phi) is 6.55. The molecular weight excluding hydrogens is 412 g/mol. The molecule has 33 heavy (non-hydrogen) atoms. The molecule has 1 amide bonds. The number of aromatic nitrogens is 2. The summed E-state index contributed by atoms with van der Waals surface area (Å²) in [6, 6.07) is 21.1. The number of carbonyl (C=O) groups is 1. The number of amides is 1. The summed E-state index contributed by atoms with van der Waals surface area (Å²) in [4.78, 5) is 17.7. The number of aliphatic hydroxyl groups is 1. The largest absolute Gasteiger partial charge is 0.394 e. The highest BCUT2D eigenvalue weighted by Gasteiger charge is 2.31. The third kappa shape index (κ3) is 4.72. The van der Waals surface area contributed by atoms with Gasteiger partial charge in [0, 0.05) is 36.8 Å². The molecule has 1 fully saturated rings. The third-order valence-corrected chi connectivity index (χ3v) is 7.18. The molecule has 3 heterocycles. The zero-order valence-electron chi connectivity index (χ0n) is 19.0. The van der Waals surface area contributed by atoms with Crippen LogP contribution in [0.2, 0.25) is 0 Å². The molecule has 0 bridgehead atoms. The fourth-order valence-electron chi connectivity index (χ4n) is 5.42. The Morgan fingerprint density at radius 2 is 1.76 bits per heavy atom. The van der Waals surface area contributed by atoms with E-state index in [1.165, 1.54) is 22.4 Å². The molecule has 6 nitrogen and oxygen atoms in total. The van der Waals surface area contributed by atoms with Crippen molar-refractivity contribution in [3.8, 4) is 0 Å². The maximum atomic E-state index is 13.3. The monoisotopic (exact) mass is 444 g/mol. The van der Waals surface area contributed by atoms with Crippen LogP contribution in [0.25, 0.3) is 0 Å². The van der Waals surface area contributed by atoms with Gasteiger partial charge in [-0.1, -0.05) is 54.6 Å². The first kappa shape index (κ1) is 21.9. The first-order valence-electron chi connectivity index (χ1n) is 12.0. The fourth-order valence-corrected chi connectivity index (χ4v) is 5.42. The molecule has 1 unspecified atom stereocenters. The Morgan fingerprint density at radius 3 is 2.55 bits per heavy atom. The second kappa shape index (κ2) is 9.89. The van der Waals surface area contributed by atoms with E-state index in [1.54, 1.807) is 0 Å². The number of likely N-dealkylation sites (tertiary alicyclic amines) is 1. The summed E-state index contributed by atoms with van der Waals surface area (Å²) in [7, 11) is 0. The number of hydrogen-bond donors (Lipinski definition) is 1. The van der Waals surface area contributed by atoms with Crippen LogP contribution in [-0.4, -0.2) is 63.4 Å². The Morgan fingerprint density at radius 1 is 1.00 bits per heavy atom. The lowest BCUT2D eigenvalue weighted by atomic mass is 9.84. The summed E-state index contributed by atoms with van der Waals surface area (Å²) in [6.45, 7) is 4.36. The van der Waals surface area contributed by atoms with Crippen molar-refractivity contribution in [2.45, 2.75) is 37.8 Å². The van der Waals surface area contributed by atoms with Gasteiger partial charge in [-0.2, -0.15) is 5.10 Å². The molecule has 2 aliphatic rings. The van der Waals surface area contributed by atoms with Crippen LogP contribution < -0.4 is 0 Å². The number of carbonyl (C=O) groups excluding carboxylic acids is 1. The smallest absolute Gasteiger partial charge is 0.237 e. The van der Waals surface area contributed by atoms with Crippen LogP contribution in [0, 0.1) is 0 Å². The SMILES string of the molecule is O=C(CN1CCC(c2ccnn2CCO)CC1)N1Cc2ccccc2C(c2ccccc2)C1. The molecular formula is C27H32N4O2. The van der Waals surface area contributed by atoms with E-state index >= 15 is 0 Å². The molecule has 1 aromatic heterocycles. The van der Waals surface area contributed by atoms with Crippen molar-refractivity contribution in [2.75, 3.05) is 32.8 Å². The summed E-state index contributed by atoms with van der Waals surface area (Å²) in [5.74, 6) is 0.876. The van der Waals surface area contributed by atoms with E-state index in [4.69, 9.17) is 0 Å². The van der Waals surface area contributed by atoms with Gasteiger partial charge >= 0.3 is 0 Å². The minimum atomic E-state index is 0.102. The molecule has 3 aromatic rings. The van der Waals surface area contributed by atoms with Crippen LogP contribution in [0.3, 0.4) is 0 Å². The summed E-state index contributed by atoms with van der Waals surface area (Å²) in [5.41, 5.74) is 5.06. The lowest BCUT2D eigenvalue weighted by Crippen LogP contribution is -2.46. The molecule has 6 heteroatoms. The van der Waals surface area contributed by atoms with E-state index in [0.717, 1.165) is 32.5 Å². The molecule has 0 radical (unpaired) electrons. The van der Waals surface area contributed by atoms with Gasteiger partial charge in [-0.3, -0.25) is 14.4 Å². The van der Waals surface area contributed by atoms with E-state index < -0.39 is 0 Å². The van der Waals surface area contributed by atoms with Gasteiger partial charge in [0.25, 0.3) is 0 Å². The van der Waals surface area contributed by atoms with Gasteiger partial charge in [-0.15, -0.1) is 0 Å². The first-order valence-corrected chi connectivity index (χ1v) is 12.0. The molecule has 1 N–H and O–H groups in total. The molecule has 172 valence electrons. The number of fused-ring (bicyclic) bond motifs is 1. The van der Waals surface area contributed by atoms with Crippen LogP contribution in [0.5, 0.6) is 0 Å². The summed E-state index contributed by atoms with van der Waals surface area (Å²) < 4.78 is 1.92. The van der Waals surface area contributed by atoms with Crippen LogP contribution in [0.4, 0.5) is 0 Å². The van der Waals surface area contributed by atoms with E-state index in [-0.39, 0.29) is 18.4 Å². The first-order chi connectivity index (χ1) is 16.2. The lowest BCUT2D eigenvalue weighted by Gasteiger charge is -2.37. The maximum Gasteiger partial charge on any atom is 0.237 e. The van der Waals surface area contributed by atoms with Gasteiger partial charge in [0.1, 0.15) is 0 Å². The Bertz CT molecular complexity index is 1070. The van der Waals surface area contributed by atoms with Crippen molar-refractivity contribution in [3.63, 3.8) is 0 Å². The van der Waals surface area contributed by atoms with Crippen molar-refractivity contribution in [1.29, 1.82) is 0 Å². The van der Waals surface area contributed by atoms with Gasteiger partial charge in [0.15, 0.2) is 0 Å². The van der Waals surface area contributed by atoms with Crippen molar-refractivity contribution >= 4 is 5.91 Å². The normalized spacial score (nSPS) is 19.4. The zero-order chi connectivity index (χ0) is 22.6. The van der Waals surface area contributed by atoms with Gasteiger partial charge in [0.05, 0.1) is 19.7 Å². The predicted molar refractivity (Wildman–Crippen MR) is 128 cm³/mol. The molecule has 0 spiro atoms. The fraction of sp³-hybridized carbons (Fsp3) is 0.407. The van der Waals surface area contributed by atoms with Crippen LogP contribution >= 0.6 is 0 Å². The van der Waals surface area contributed by atoms with Crippen molar-refractivity contribution in [1.82, 2.24) is 19.6 Å².